The third-order valence-corrected chi connectivity index (χ3v) is 7.14. The van der Waals surface area contributed by atoms with E-state index in [0.29, 0.717) is 0 Å². The Bertz CT molecular complexity index is 1240. The fourth-order valence-electron chi connectivity index (χ4n) is 4.60. The van der Waals surface area contributed by atoms with E-state index in [0.717, 1.165) is 38.3 Å². The van der Waals surface area contributed by atoms with Crippen LogP contribution in [0.5, 0.6) is 0 Å². The Morgan fingerprint density at radius 1 is 0.875 bits per heavy atom. The number of carboxylic acids is 1. The van der Waals surface area contributed by atoms with Gasteiger partial charge in [0.15, 0.2) is 5.60 Å². The molecule has 2 atom stereocenters. The molecule has 3 N–H and O–H groups in total. The molecule has 0 unspecified atom stereocenters. The number of fused-ring (bicyclic) bond motifs is 3. The minimum absolute atomic E-state index is 0.725. The van der Waals surface area contributed by atoms with Gasteiger partial charge in [0.1, 0.15) is 6.04 Å². The first-order valence-corrected chi connectivity index (χ1v) is 11.4. The van der Waals surface area contributed by atoms with E-state index in [2.05, 4.69) is 47.8 Å². The maximum absolute atomic E-state index is 11.7. The molecule has 1 aromatic heterocycles. The van der Waals surface area contributed by atoms with Gasteiger partial charge in [0, 0.05) is 11.1 Å². The van der Waals surface area contributed by atoms with Crippen molar-refractivity contribution in [2.45, 2.75) is 24.7 Å². The molecule has 0 radical (unpaired) electrons. The first-order valence-electron chi connectivity index (χ1n) is 10.5. The second-order valence-electron chi connectivity index (χ2n) is 7.99. The average molecular weight is 442 g/mol. The number of aliphatic carboxylic acids is 1. The van der Waals surface area contributed by atoms with Crippen molar-refractivity contribution in [3.8, 4) is 22.3 Å². The van der Waals surface area contributed by atoms with Gasteiger partial charge in [0.05, 0.1) is 11.0 Å². The lowest BCUT2D eigenvalue weighted by Crippen LogP contribution is -2.46. The molecule has 0 bridgehead atoms. The molecule has 0 aliphatic heterocycles. The maximum atomic E-state index is 11.7. The summed E-state index contributed by atoms with van der Waals surface area (Å²) in [6.07, 6.45) is -0.725. The van der Waals surface area contributed by atoms with Crippen LogP contribution >= 0.6 is 11.3 Å². The third-order valence-electron chi connectivity index (χ3n) is 6.13. The van der Waals surface area contributed by atoms with E-state index in [4.69, 9.17) is 10.5 Å². The molecule has 0 fully saturated rings. The van der Waals surface area contributed by atoms with Crippen LogP contribution in [0.3, 0.4) is 0 Å². The van der Waals surface area contributed by atoms with E-state index in [-0.39, 0.29) is 0 Å². The zero-order valence-corrected chi connectivity index (χ0v) is 18.4. The highest BCUT2D eigenvalue weighted by Gasteiger charge is 2.49. The summed E-state index contributed by atoms with van der Waals surface area (Å²) >= 11 is 1.62. The van der Waals surface area contributed by atoms with Crippen LogP contribution < -0.4 is 5.73 Å². The highest BCUT2D eigenvalue weighted by molar-refractivity contribution is 7.10. The van der Waals surface area contributed by atoms with Crippen LogP contribution in [0.2, 0.25) is 0 Å². The Morgan fingerprint density at radius 2 is 1.44 bits per heavy atom. The van der Waals surface area contributed by atoms with Gasteiger partial charge in [-0.05, 0) is 40.6 Å². The van der Waals surface area contributed by atoms with Crippen LogP contribution in [0.1, 0.15) is 22.9 Å². The molecule has 0 saturated heterocycles. The zero-order chi connectivity index (χ0) is 22.3. The highest BCUT2D eigenvalue weighted by atomic mass is 32.1. The lowest BCUT2D eigenvalue weighted by atomic mass is 9.85. The van der Waals surface area contributed by atoms with E-state index in [1.165, 1.54) is 0 Å². The van der Waals surface area contributed by atoms with Gasteiger partial charge in [0.2, 0.25) is 0 Å². The lowest BCUT2D eigenvalue weighted by Gasteiger charge is -2.36. The molecule has 4 aromatic rings. The summed E-state index contributed by atoms with van der Waals surface area (Å²) in [6, 6.07) is 27.5. The van der Waals surface area contributed by atoms with Gasteiger partial charge < -0.3 is 15.6 Å². The molecular weight excluding hydrogens is 418 g/mol. The zero-order valence-electron chi connectivity index (χ0n) is 17.6. The quantitative estimate of drug-likeness (QED) is 0.414. The largest absolute Gasteiger partial charge is 0.480 e. The molecular formula is C27H23NO3S. The summed E-state index contributed by atoms with van der Waals surface area (Å²) in [5, 5.41) is 11.6. The smallest absolute Gasteiger partial charge is 0.323 e. The van der Waals surface area contributed by atoms with Gasteiger partial charge in [0.25, 0.3) is 0 Å². The SMILES string of the molecule is C[C@@H](OC1(c2sccc2-c2ccccc2)c2ccccc2-c2ccccc21)[C@H](N)C(=O)O. The normalized spacial score (nSPS) is 15.6. The molecule has 1 aliphatic carbocycles. The van der Waals surface area contributed by atoms with Gasteiger partial charge in [-0.1, -0.05) is 78.9 Å². The van der Waals surface area contributed by atoms with E-state index < -0.39 is 23.7 Å². The van der Waals surface area contributed by atoms with Crippen LogP contribution in [0.25, 0.3) is 22.3 Å². The average Bonchev–Trinajstić information content (AvgIpc) is 3.42. The molecule has 1 heterocycles. The van der Waals surface area contributed by atoms with Crippen LogP contribution in [-0.4, -0.2) is 23.2 Å². The number of rotatable bonds is 6. The Hall–Kier alpha value is -3.25. The minimum Gasteiger partial charge on any atom is -0.480 e. The van der Waals surface area contributed by atoms with Crippen molar-refractivity contribution in [3.05, 3.63) is 106 Å². The van der Waals surface area contributed by atoms with Crippen LogP contribution in [0, 0.1) is 0 Å². The molecule has 3 aromatic carbocycles. The van der Waals surface area contributed by atoms with Gasteiger partial charge in [-0.2, -0.15) is 0 Å². The molecule has 0 saturated carbocycles. The molecule has 4 nitrogen and oxygen atoms in total. The number of ether oxygens (including phenoxy) is 1. The summed E-state index contributed by atoms with van der Waals surface area (Å²) in [5.41, 5.74) is 11.4. The second-order valence-corrected chi connectivity index (χ2v) is 8.90. The second kappa shape index (κ2) is 8.02. The van der Waals surface area contributed by atoms with E-state index in [1.54, 1.807) is 18.3 Å². The van der Waals surface area contributed by atoms with Crippen molar-refractivity contribution in [1.29, 1.82) is 0 Å². The van der Waals surface area contributed by atoms with Crippen LogP contribution in [0.4, 0.5) is 0 Å². The number of hydrogen-bond acceptors (Lipinski definition) is 4. The first kappa shape index (κ1) is 20.6. The molecule has 160 valence electrons. The van der Waals surface area contributed by atoms with Crippen molar-refractivity contribution in [1.82, 2.24) is 0 Å². The van der Waals surface area contributed by atoms with Crippen molar-refractivity contribution in [2.24, 2.45) is 5.73 Å². The molecule has 5 heteroatoms. The molecule has 32 heavy (non-hydrogen) atoms. The van der Waals surface area contributed by atoms with Gasteiger partial charge in [-0.25, -0.2) is 0 Å². The third kappa shape index (κ3) is 3.09. The standard InChI is InChI=1S/C27H23NO3S/c1-17(24(28)26(29)30)31-27(25-19(15-16-32-25)18-9-3-2-4-10-18)22-13-7-5-11-20(22)21-12-6-8-14-23(21)27/h2-17,24H,28H2,1H3,(H,29,30)/t17-,24+/m1/s1. The van der Waals surface area contributed by atoms with E-state index in [9.17, 15) is 9.90 Å². The van der Waals surface area contributed by atoms with E-state index in [1.807, 2.05) is 42.5 Å². The number of thiophene rings is 1. The highest BCUT2D eigenvalue weighted by Crippen LogP contribution is 2.56. The van der Waals surface area contributed by atoms with Crippen molar-refractivity contribution in [3.63, 3.8) is 0 Å². The maximum Gasteiger partial charge on any atom is 0.323 e. The Labute approximate surface area is 190 Å². The summed E-state index contributed by atoms with van der Waals surface area (Å²) in [7, 11) is 0. The monoisotopic (exact) mass is 441 g/mol. The summed E-state index contributed by atoms with van der Waals surface area (Å²) in [5.74, 6) is -1.08. The van der Waals surface area contributed by atoms with E-state index >= 15 is 0 Å². The summed E-state index contributed by atoms with van der Waals surface area (Å²) < 4.78 is 6.79. The van der Waals surface area contributed by atoms with Crippen molar-refractivity contribution < 1.29 is 14.6 Å². The predicted molar refractivity (Wildman–Crippen MR) is 128 cm³/mol. The number of nitrogens with two attached hydrogens (primary N) is 1. The van der Waals surface area contributed by atoms with Gasteiger partial charge >= 0.3 is 5.97 Å². The topological polar surface area (TPSA) is 72.5 Å². The molecule has 0 amide bonds. The lowest BCUT2D eigenvalue weighted by molar-refractivity contribution is -0.144. The molecule has 1 aliphatic rings. The predicted octanol–water partition coefficient (Wildman–Crippen LogP) is 5.50. The molecule has 0 spiro atoms. The summed E-state index contributed by atoms with van der Waals surface area (Å²) in [4.78, 5) is 12.7. The first-order chi connectivity index (χ1) is 15.5. The molecule has 5 rings (SSSR count). The van der Waals surface area contributed by atoms with Gasteiger partial charge in [-0.3, -0.25) is 4.79 Å². The minimum atomic E-state index is -1.15. The van der Waals surface area contributed by atoms with Gasteiger partial charge in [-0.15, -0.1) is 11.3 Å². The van der Waals surface area contributed by atoms with Crippen molar-refractivity contribution >= 4 is 17.3 Å². The number of carboxylic acid groups (broad SMARTS) is 1. The number of carbonyl (C=O) groups is 1. The van der Waals surface area contributed by atoms with Crippen LogP contribution in [-0.2, 0) is 15.1 Å². The fraction of sp³-hybridized carbons (Fsp3) is 0.148. The Kier molecular flexibility index (Phi) is 5.18. The fourth-order valence-corrected chi connectivity index (χ4v) is 5.69. The van der Waals surface area contributed by atoms with Crippen molar-refractivity contribution in [2.75, 3.05) is 0 Å². The summed E-state index contributed by atoms with van der Waals surface area (Å²) in [6.45, 7) is 1.74. The van der Waals surface area contributed by atoms with Crippen LogP contribution in [0.15, 0.2) is 90.3 Å². The number of hydrogen-bond donors (Lipinski definition) is 2. The number of benzene rings is 3. The Morgan fingerprint density at radius 3 is 2.03 bits per heavy atom. The Balaban J connectivity index is 1.81.